The second-order valence-corrected chi connectivity index (χ2v) is 6.51. The Labute approximate surface area is 128 Å². The molecule has 0 aliphatic heterocycles. The van der Waals surface area contributed by atoms with Gasteiger partial charge in [-0.3, -0.25) is 4.72 Å². The SMILES string of the molecule is O=C(O)c1cccc(Br)c1NS(=O)(=O)c1ccccc1F. The summed E-state index contributed by atoms with van der Waals surface area (Å²) in [6.07, 6.45) is 0. The van der Waals surface area contributed by atoms with Crippen LogP contribution in [0.4, 0.5) is 10.1 Å². The van der Waals surface area contributed by atoms with Gasteiger partial charge in [-0.1, -0.05) is 18.2 Å². The highest BCUT2D eigenvalue weighted by atomic mass is 79.9. The predicted octanol–water partition coefficient (Wildman–Crippen LogP) is 3.09. The molecule has 2 N–H and O–H groups in total. The molecule has 0 aliphatic carbocycles. The largest absolute Gasteiger partial charge is 0.478 e. The van der Waals surface area contributed by atoms with Crippen molar-refractivity contribution in [2.45, 2.75) is 4.90 Å². The Balaban J connectivity index is 2.52. The molecule has 0 aromatic heterocycles. The van der Waals surface area contributed by atoms with Crippen molar-refractivity contribution in [3.05, 3.63) is 58.3 Å². The molecular formula is C13H9BrFNO4S. The Kier molecular flexibility index (Phi) is 4.29. The Morgan fingerprint density at radius 2 is 1.81 bits per heavy atom. The maximum absolute atomic E-state index is 13.6. The summed E-state index contributed by atoms with van der Waals surface area (Å²) < 4.78 is 40.3. The van der Waals surface area contributed by atoms with Crippen LogP contribution in [0, 0.1) is 5.82 Å². The standard InChI is InChI=1S/C13H9BrFNO4S/c14-9-5-3-4-8(13(17)18)12(9)16-21(19,20)11-7-2-1-6-10(11)15/h1-7,16H,(H,17,18). The van der Waals surface area contributed by atoms with E-state index in [1.165, 1.54) is 30.3 Å². The molecule has 0 unspecified atom stereocenters. The molecule has 0 saturated carbocycles. The molecule has 2 rings (SSSR count). The van der Waals surface area contributed by atoms with E-state index in [0.29, 0.717) is 0 Å². The number of benzene rings is 2. The lowest BCUT2D eigenvalue weighted by Gasteiger charge is -2.12. The van der Waals surface area contributed by atoms with Gasteiger partial charge in [-0.2, -0.15) is 0 Å². The van der Waals surface area contributed by atoms with Crippen LogP contribution in [0.15, 0.2) is 51.8 Å². The maximum Gasteiger partial charge on any atom is 0.337 e. The van der Waals surface area contributed by atoms with Gasteiger partial charge in [-0.25, -0.2) is 17.6 Å². The number of anilines is 1. The first kappa shape index (κ1) is 15.5. The lowest BCUT2D eigenvalue weighted by atomic mass is 10.2. The van der Waals surface area contributed by atoms with Gasteiger partial charge in [0.05, 0.1) is 11.3 Å². The van der Waals surface area contributed by atoms with E-state index in [4.69, 9.17) is 5.11 Å². The van der Waals surface area contributed by atoms with Crippen LogP contribution in [-0.2, 0) is 10.0 Å². The average Bonchev–Trinajstić information content (AvgIpc) is 2.41. The monoisotopic (exact) mass is 373 g/mol. The highest BCUT2D eigenvalue weighted by Gasteiger charge is 2.22. The van der Waals surface area contributed by atoms with E-state index in [2.05, 4.69) is 20.7 Å². The summed E-state index contributed by atoms with van der Waals surface area (Å²) in [5.41, 5.74) is -0.405. The molecule has 0 aliphatic rings. The molecule has 0 fully saturated rings. The molecule has 2 aromatic carbocycles. The topological polar surface area (TPSA) is 83.5 Å². The van der Waals surface area contributed by atoms with Crippen molar-refractivity contribution in [1.82, 2.24) is 0 Å². The predicted molar refractivity (Wildman–Crippen MR) is 78.3 cm³/mol. The van der Waals surface area contributed by atoms with E-state index in [1.807, 2.05) is 0 Å². The number of hydrogen-bond donors (Lipinski definition) is 2. The first-order valence-electron chi connectivity index (χ1n) is 5.62. The van der Waals surface area contributed by atoms with Crippen LogP contribution in [0.3, 0.4) is 0 Å². The third-order valence-corrected chi connectivity index (χ3v) is 4.65. The van der Waals surface area contributed by atoms with Crippen LogP contribution in [0.2, 0.25) is 0 Å². The van der Waals surface area contributed by atoms with Crippen molar-refractivity contribution in [3.8, 4) is 0 Å². The van der Waals surface area contributed by atoms with E-state index in [-0.39, 0.29) is 15.7 Å². The van der Waals surface area contributed by atoms with E-state index in [1.54, 1.807) is 0 Å². The first-order chi connectivity index (χ1) is 9.83. The number of nitrogens with one attached hydrogen (secondary N) is 1. The minimum absolute atomic E-state index is 0.159. The number of carboxylic acid groups (broad SMARTS) is 1. The molecule has 0 amide bonds. The van der Waals surface area contributed by atoms with Gasteiger partial charge in [0.1, 0.15) is 10.7 Å². The Hall–Kier alpha value is -1.93. The third kappa shape index (κ3) is 3.22. The average molecular weight is 374 g/mol. The number of aromatic carboxylic acids is 1. The van der Waals surface area contributed by atoms with Crippen molar-refractivity contribution in [2.75, 3.05) is 4.72 Å². The zero-order chi connectivity index (χ0) is 15.6. The quantitative estimate of drug-likeness (QED) is 0.862. The number of carbonyl (C=O) groups is 1. The van der Waals surface area contributed by atoms with Crippen molar-refractivity contribution >= 4 is 37.6 Å². The molecule has 8 heteroatoms. The fourth-order valence-electron chi connectivity index (χ4n) is 1.66. The summed E-state index contributed by atoms with van der Waals surface area (Å²) in [7, 11) is -4.24. The van der Waals surface area contributed by atoms with Gasteiger partial charge in [-0.15, -0.1) is 0 Å². The fourth-order valence-corrected chi connectivity index (χ4v) is 3.44. The molecule has 21 heavy (non-hydrogen) atoms. The number of hydrogen-bond acceptors (Lipinski definition) is 3. The summed E-state index contributed by atoms with van der Waals surface area (Å²) in [6.45, 7) is 0. The second-order valence-electron chi connectivity index (χ2n) is 4.00. The highest BCUT2D eigenvalue weighted by Crippen LogP contribution is 2.29. The number of para-hydroxylation sites is 1. The first-order valence-corrected chi connectivity index (χ1v) is 7.89. The molecule has 0 spiro atoms. The lowest BCUT2D eigenvalue weighted by molar-refractivity contribution is 0.0698. The second kappa shape index (κ2) is 5.82. The third-order valence-electron chi connectivity index (χ3n) is 2.61. The van der Waals surface area contributed by atoms with Crippen LogP contribution in [0.5, 0.6) is 0 Å². The molecular weight excluding hydrogens is 365 g/mol. The van der Waals surface area contributed by atoms with Crippen LogP contribution in [-0.4, -0.2) is 19.5 Å². The normalized spacial score (nSPS) is 11.1. The highest BCUT2D eigenvalue weighted by molar-refractivity contribution is 9.10. The van der Waals surface area contributed by atoms with Crippen molar-refractivity contribution in [2.24, 2.45) is 0 Å². The molecule has 0 radical (unpaired) electrons. The van der Waals surface area contributed by atoms with Crippen molar-refractivity contribution in [3.63, 3.8) is 0 Å². The van der Waals surface area contributed by atoms with Gasteiger partial charge < -0.3 is 5.11 Å². The Morgan fingerprint density at radius 1 is 1.14 bits per heavy atom. The lowest BCUT2D eigenvalue weighted by Crippen LogP contribution is -2.17. The van der Waals surface area contributed by atoms with Crippen LogP contribution >= 0.6 is 15.9 Å². The fraction of sp³-hybridized carbons (Fsp3) is 0. The van der Waals surface area contributed by atoms with Gasteiger partial charge in [-0.05, 0) is 40.2 Å². The van der Waals surface area contributed by atoms with Gasteiger partial charge >= 0.3 is 5.97 Å². The van der Waals surface area contributed by atoms with Crippen molar-refractivity contribution in [1.29, 1.82) is 0 Å². The summed E-state index contributed by atoms with van der Waals surface area (Å²) in [6, 6.07) is 9.00. The van der Waals surface area contributed by atoms with E-state index >= 15 is 0 Å². The number of sulfonamides is 1. The zero-order valence-corrected chi connectivity index (χ0v) is 12.8. The molecule has 0 heterocycles. The smallest absolute Gasteiger partial charge is 0.337 e. The van der Waals surface area contributed by atoms with Gasteiger partial charge in [0.25, 0.3) is 10.0 Å². The van der Waals surface area contributed by atoms with E-state index in [9.17, 15) is 17.6 Å². The Bertz CT molecular complexity index is 808. The summed E-state index contributed by atoms with van der Waals surface area (Å²) >= 11 is 3.08. The zero-order valence-electron chi connectivity index (χ0n) is 10.4. The molecule has 5 nitrogen and oxygen atoms in total. The van der Waals surface area contributed by atoms with Gasteiger partial charge in [0.2, 0.25) is 0 Å². The van der Waals surface area contributed by atoms with E-state index in [0.717, 1.165) is 12.1 Å². The minimum atomic E-state index is -4.24. The maximum atomic E-state index is 13.6. The molecule has 0 bridgehead atoms. The molecule has 2 aromatic rings. The number of carboxylic acids is 1. The molecule has 0 atom stereocenters. The summed E-state index contributed by atoms with van der Waals surface area (Å²) in [5.74, 6) is -2.23. The van der Waals surface area contributed by atoms with Crippen LogP contribution < -0.4 is 4.72 Å². The van der Waals surface area contributed by atoms with Gasteiger partial charge in [0.15, 0.2) is 0 Å². The number of rotatable bonds is 4. The molecule has 0 saturated heterocycles. The number of halogens is 2. The van der Waals surface area contributed by atoms with Crippen molar-refractivity contribution < 1.29 is 22.7 Å². The van der Waals surface area contributed by atoms with Crippen LogP contribution in [0.1, 0.15) is 10.4 Å². The van der Waals surface area contributed by atoms with Crippen LogP contribution in [0.25, 0.3) is 0 Å². The van der Waals surface area contributed by atoms with E-state index < -0.39 is 26.7 Å². The molecule has 110 valence electrons. The van der Waals surface area contributed by atoms with Gasteiger partial charge in [0, 0.05) is 4.47 Å². The summed E-state index contributed by atoms with van der Waals surface area (Å²) in [4.78, 5) is 10.6. The summed E-state index contributed by atoms with van der Waals surface area (Å²) in [5, 5.41) is 9.08. The minimum Gasteiger partial charge on any atom is -0.478 e. The Morgan fingerprint density at radius 3 is 2.43 bits per heavy atom.